The lowest BCUT2D eigenvalue weighted by Gasteiger charge is -2.28. The summed E-state index contributed by atoms with van der Waals surface area (Å²) in [4.78, 5) is 19.3. The van der Waals surface area contributed by atoms with E-state index >= 15 is 0 Å². The monoisotopic (exact) mass is 315 g/mol. The molecule has 1 fully saturated rings. The molecule has 1 amide bonds. The van der Waals surface area contributed by atoms with Crippen LogP contribution < -0.4 is 9.64 Å². The maximum absolute atomic E-state index is 14.1. The lowest BCUT2D eigenvalue weighted by Crippen LogP contribution is -2.29. The molecule has 6 heteroatoms. The Morgan fingerprint density at radius 2 is 1.96 bits per heavy atom. The van der Waals surface area contributed by atoms with Crippen LogP contribution in [0.4, 0.5) is 15.9 Å². The third-order valence-electron chi connectivity index (χ3n) is 4.37. The molecule has 3 heterocycles. The Labute approximate surface area is 133 Å². The number of aromatic amines is 1. The molecule has 0 radical (unpaired) electrons. The van der Waals surface area contributed by atoms with Gasteiger partial charge in [0.2, 0.25) is 0 Å². The highest BCUT2D eigenvalue weighted by Crippen LogP contribution is 2.38. The van der Waals surface area contributed by atoms with Gasteiger partial charge in [0, 0.05) is 19.2 Å². The molecule has 1 aromatic carbocycles. The standard InChI is InChI=1S/C17H18FN3O2/c18-12-5-1-2-6-14(12)21-9-10-23-15-11-13(19-16(15)21)17(22)20-7-3-4-8-20/h1-2,5-6,11,19H,3-4,7-10H2. The molecule has 2 aromatic rings. The molecule has 1 N–H and O–H groups in total. The third-order valence-corrected chi connectivity index (χ3v) is 4.37. The maximum atomic E-state index is 14.1. The number of para-hydroxylation sites is 1. The summed E-state index contributed by atoms with van der Waals surface area (Å²) in [5.74, 6) is 0.933. The van der Waals surface area contributed by atoms with E-state index in [2.05, 4.69) is 4.98 Å². The minimum Gasteiger partial charge on any atom is -0.488 e. The average molecular weight is 315 g/mol. The number of H-pyrrole nitrogens is 1. The quantitative estimate of drug-likeness (QED) is 0.927. The number of hydrogen-bond acceptors (Lipinski definition) is 3. The Bertz CT molecular complexity index is 737. The molecule has 2 aliphatic rings. The van der Waals surface area contributed by atoms with Crippen molar-refractivity contribution in [3.63, 3.8) is 0 Å². The van der Waals surface area contributed by atoms with Gasteiger partial charge in [-0.05, 0) is 25.0 Å². The second-order valence-corrected chi connectivity index (χ2v) is 5.85. The number of rotatable bonds is 2. The number of amides is 1. The lowest BCUT2D eigenvalue weighted by molar-refractivity contribution is 0.0787. The molecule has 0 unspecified atom stereocenters. The number of carbonyl (C=O) groups excluding carboxylic acids is 1. The van der Waals surface area contributed by atoms with Gasteiger partial charge < -0.3 is 19.5 Å². The molecule has 1 saturated heterocycles. The van der Waals surface area contributed by atoms with Crippen molar-refractivity contribution in [1.29, 1.82) is 0 Å². The van der Waals surface area contributed by atoms with Crippen LogP contribution in [0.5, 0.6) is 5.75 Å². The molecule has 0 atom stereocenters. The molecule has 4 rings (SSSR count). The van der Waals surface area contributed by atoms with E-state index < -0.39 is 0 Å². The minimum absolute atomic E-state index is 0.0195. The van der Waals surface area contributed by atoms with Crippen LogP contribution in [0.15, 0.2) is 30.3 Å². The average Bonchev–Trinajstić information content (AvgIpc) is 3.24. The smallest absolute Gasteiger partial charge is 0.270 e. The summed E-state index contributed by atoms with van der Waals surface area (Å²) in [6, 6.07) is 8.35. The van der Waals surface area contributed by atoms with Crippen molar-refractivity contribution in [2.24, 2.45) is 0 Å². The van der Waals surface area contributed by atoms with Gasteiger partial charge in [0.1, 0.15) is 18.1 Å². The van der Waals surface area contributed by atoms with Crippen molar-refractivity contribution >= 4 is 17.4 Å². The van der Waals surface area contributed by atoms with Crippen molar-refractivity contribution < 1.29 is 13.9 Å². The molecule has 120 valence electrons. The van der Waals surface area contributed by atoms with Crippen LogP contribution in [0.25, 0.3) is 0 Å². The summed E-state index contributed by atoms with van der Waals surface area (Å²) in [5.41, 5.74) is 0.985. The van der Waals surface area contributed by atoms with Crippen LogP contribution in [0, 0.1) is 5.82 Å². The fourth-order valence-corrected chi connectivity index (χ4v) is 3.21. The molecule has 0 bridgehead atoms. The summed E-state index contributed by atoms with van der Waals surface area (Å²) in [5, 5.41) is 0. The van der Waals surface area contributed by atoms with E-state index in [1.807, 2.05) is 9.80 Å². The van der Waals surface area contributed by atoms with Crippen LogP contribution in [-0.2, 0) is 0 Å². The molecule has 5 nitrogen and oxygen atoms in total. The number of ether oxygens (including phenoxy) is 1. The second kappa shape index (κ2) is 5.61. The summed E-state index contributed by atoms with van der Waals surface area (Å²) < 4.78 is 19.8. The van der Waals surface area contributed by atoms with Crippen molar-refractivity contribution in [2.75, 3.05) is 31.1 Å². The molecule has 0 spiro atoms. The molecule has 0 saturated carbocycles. The van der Waals surface area contributed by atoms with Crippen LogP contribution >= 0.6 is 0 Å². The first-order valence-corrected chi connectivity index (χ1v) is 7.91. The van der Waals surface area contributed by atoms with Crippen molar-refractivity contribution in [2.45, 2.75) is 12.8 Å². The van der Waals surface area contributed by atoms with Gasteiger partial charge in [-0.3, -0.25) is 4.79 Å². The molecule has 1 aromatic heterocycles. The molecule has 0 aliphatic carbocycles. The highest BCUT2D eigenvalue weighted by molar-refractivity contribution is 5.94. The van der Waals surface area contributed by atoms with E-state index in [4.69, 9.17) is 4.74 Å². The summed E-state index contributed by atoms with van der Waals surface area (Å²) >= 11 is 0. The number of benzene rings is 1. The zero-order valence-electron chi connectivity index (χ0n) is 12.7. The Hall–Kier alpha value is -2.50. The fourth-order valence-electron chi connectivity index (χ4n) is 3.21. The van der Waals surface area contributed by atoms with Crippen LogP contribution in [0.2, 0.25) is 0 Å². The van der Waals surface area contributed by atoms with Gasteiger partial charge in [-0.25, -0.2) is 4.39 Å². The zero-order valence-corrected chi connectivity index (χ0v) is 12.7. The predicted octanol–water partition coefficient (Wildman–Crippen LogP) is 2.92. The van der Waals surface area contributed by atoms with Gasteiger partial charge in [0.25, 0.3) is 5.91 Å². The zero-order chi connectivity index (χ0) is 15.8. The predicted molar refractivity (Wildman–Crippen MR) is 84.8 cm³/mol. The maximum Gasteiger partial charge on any atom is 0.270 e. The Kier molecular flexibility index (Phi) is 3.44. The van der Waals surface area contributed by atoms with Gasteiger partial charge in [-0.15, -0.1) is 0 Å². The molecular weight excluding hydrogens is 297 g/mol. The largest absolute Gasteiger partial charge is 0.488 e. The first-order chi connectivity index (χ1) is 11.2. The van der Waals surface area contributed by atoms with E-state index in [1.165, 1.54) is 6.07 Å². The van der Waals surface area contributed by atoms with E-state index in [9.17, 15) is 9.18 Å². The Balaban J connectivity index is 1.68. The third kappa shape index (κ3) is 2.44. The Morgan fingerprint density at radius 3 is 2.74 bits per heavy atom. The highest BCUT2D eigenvalue weighted by Gasteiger charge is 2.28. The summed E-state index contributed by atoms with van der Waals surface area (Å²) in [6.07, 6.45) is 2.09. The normalized spacial score (nSPS) is 17.1. The molecule has 2 aliphatic heterocycles. The lowest BCUT2D eigenvalue weighted by atomic mass is 10.2. The number of fused-ring (bicyclic) bond motifs is 1. The van der Waals surface area contributed by atoms with Gasteiger partial charge >= 0.3 is 0 Å². The van der Waals surface area contributed by atoms with E-state index in [0.717, 1.165) is 25.9 Å². The van der Waals surface area contributed by atoms with Gasteiger partial charge in [0.05, 0.1) is 12.2 Å². The van der Waals surface area contributed by atoms with Gasteiger partial charge in [0.15, 0.2) is 11.6 Å². The second-order valence-electron chi connectivity index (χ2n) is 5.85. The number of nitrogens with zero attached hydrogens (tertiary/aromatic N) is 2. The molecule has 23 heavy (non-hydrogen) atoms. The SMILES string of the molecule is O=C(c1cc2c([nH]1)N(c1ccccc1F)CCO2)N1CCCC1. The van der Waals surface area contributed by atoms with E-state index in [-0.39, 0.29) is 11.7 Å². The Morgan fingerprint density at radius 1 is 1.17 bits per heavy atom. The number of halogens is 1. The van der Waals surface area contributed by atoms with Gasteiger partial charge in [-0.2, -0.15) is 0 Å². The highest BCUT2D eigenvalue weighted by atomic mass is 19.1. The van der Waals surface area contributed by atoms with Crippen molar-refractivity contribution in [1.82, 2.24) is 9.88 Å². The number of aromatic nitrogens is 1. The van der Waals surface area contributed by atoms with Crippen LogP contribution in [-0.4, -0.2) is 42.0 Å². The first-order valence-electron chi connectivity index (χ1n) is 7.91. The van der Waals surface area contributed by atoms with Crippen LogP contribution in [0.3, 0.4) is 0 Å². The summed E-state index contributed by atoms with van der Waals surface area (Å²) in [7, 11) is 0. The van der Waals surface area contributed by atoms with E-state index in [0.29, 0.717) is 36.1 Å². The van der Waals surface area contributed by atoms with Crippen molar-refractivity contribution in [3.05, 3.63) is 41.8 Å². The number of hydrogen-bond donors (Lipinski definition) is 1. The summed E-state index contributed by atoms with van der Waals surface area (Å²) in [6.45, 7) is 2.57. The van der Waals surface area contributed by atoms with Crippen molar-refractivity contribution in [3.8, 4) is 5.75 Å². The molecular formula is C17H18FN3O2. The fraction of sp³-hybridized carbons (Fsp3) is 0.353. The number of anilines is 2. The number of likely N-dealkylation sites (tertiary alicyclic amines) is 1. The number of carbonyl (C=O) groups is 1. The van der Waals surface area contributed by atoms with Gasteiger partial charge in [-0.1, -0.05) is 12.1 Å². The van der Waals surface area contributed by atoms with Crippen LogP contribution in [0.1, 0.15) is 23.3 Å². The van der Waals surface area contributed by atoms with E-state index in [1.54, 1.807) is 24.3 Å². The first kappa shape index (κ1) is 14.1. The topological polar surface area (TPSA) is 48.6 Å². The number of nitrogens with one attached hydrogen (secondary N) is 1. The minimum atomic E-state index is -0.289.